The second-order valence-electron chi connectivity index (χ2n) is 4.96. The zero-order chi connectivity index (χ0) is 15.8. The first-order valence-electron chi connectivity index (χ1n) is 7.04. The molecule has 1 aromatic carbocycles. The molecule has 0 aliphatic rings. The molecule has 1 rings (SSSR count). The van der Waals surface area contributed by atoms with Crippen molar-refractivity contribution >= 4 is 17.6 Å². The number of urea groups is 1. The molecule has 3 N–H and O–H groups in total. The molecule has 0 spiro atoms. The molecule has 0 saturated heterocycles. The van der Waals surface area contributed by atoms with Crippen molar-refractivity contribution in [2.45, 2.75) is 33.4 Å². The predicted octanol–water partition coefficient (Wildman–Crippen LogP) is 2.55. The number of carbonyl (C=O) groups is 1. The molecule has 0 aromatic heterocycles. The maximum atomic E-state index is 11.8. The van der Waals surface area contributed by atoms with E-state index in [1.807, 2.05) is 26.8 Å². The Bertz CT molecular complexity index is 468. The molecular weight excluding hydrogens is 292 g/mol. The first-order chi connectivity index (χ1) is 9.97. The van der Waals surface area contributed by atoms with E-state index in [9.17, 15) is 4.79 Å². The van der Waals surface area contributed by atoms with E-state index in [4.69, 9.17) is 21.4 Å². The van der Waals surface area contributed by atoms with E-state index in [-0.39, 0.29) is 24.6 Å². The third-order valence-corrected chi connectivity index (χ3v) is 3.50. The smallest absolute Gasteiger partial charge is 0.315 e. The molecule has 2 amide bonds. The number of nitrogens with one attached hydrogen (secondary N) is 2. The molecule has 0 aliphatic carbocycles. The summed E-state index contributed by atoms with van der Waals surface area (Å²) in [5, 5.41) is 15.2. The fourth-order valence-electron chi connectivity index (χ4n) is 1.70. The average Bonchev–Trinajstić information content (AvgIpc) is 2.45. The van der Waals surface area contributed by atoms with Crippen LogP contribution in [-0.4, -0.2) is 30.4 Å². The van der Waals surface area contributed by atoms with Gasteiger partial charge in [0.2, 0.25) is 0 Å². The van der Waals surface area contributed by atoms with Gasteiger partial charge in [0.05, 0.1) is 6.61 Å². The number of benzene rings is 1. The Kier molecular flexibility index (Phi) is 7.32. The van der Waals surface area contributed by atoms with Gasteiger partial charge < -0.3 is 20.5 Å². The summed E-state index contributed by atoms with van der Waals surface area (Å²) >= 11 is 5.93. The van der Waals surface area contributed by atoms with E-state index < -0.39 is 0 Å². The maximum Gasteiger partial charge on any atom is 0.315 e. The van der Waals surface area contributed by atoms with Crippen LogP contribution in [-0.2, 0) is 6.54 Å². The summed E-state index contributed by atoms with van der Waals surface area (Å²) in [6.07, 6.45) is 0. The monoisotopic (exact) mass is 314 g/mol. The van der Waals surface area contributed by atoms with Gasteiger partial charge in [-0.1, -0.05) is 24.6 Å². The lowest BCUT2D eigenvalue weighted by Gasteiger charge is -2.20. The number of hydrogen-bond acceptors (Lipinski definition) is 3. The van der Waals surface area contributed by atoms with Crippen LogP contribution in [0.25, 0.3) is 0 Å². The van der Waals surface area contributed by atoms with Gasteiger partial charge in [-0.05, 0) is 31.9 Å². The Morgan fingerprint density at radius 2 is 2.14 bits per heavy atom. The molecule has 2 atom stereocenters. The Balaban J connectivity index is 2.56. The van der Waals surface area contributed by atoms with Gasteiger partial charge in [0.25, 0.3) is 0 Å². The lowest BCUT2D eigenvalue weighted by atomic mass is 10.1. The SMILES string of the molecule is CCOc1cc(Cl)ccc1CNC(=O)NC(C)C(C)CO. The highest BCUT2D eigenvalue weighted by Crippen LogP contribution is 2.23. The summed E-state index contributed by atoms with van der Waals surface area (Å²) in [7, 11) is 0. The maximum absolute atomic E-state index is 11.8. The fourth-order valence-corrected chi connectivity index (χ4v) is 1.86. The molecule has 0 saturated carbocycles. The summed E-state index contributed by atoms with van der Waals surface area (Å²) in [6, 6.07) is 4.94. The third kappa shape index (κ3) is 5.81. The minimum Gasteiger partial charge on any atom is -0.493 e. The molecule has 0 fully saturated rings. The second kappa shape index (κ2) is 8.74. The van der Waals surface area contributed by atoms with Crippen LogP contribution in [0.2, 0.25) is 5.02 Å². The van der Waals surface area contributed by atoms with Gasteiger partial charge in [0, 0.05) is 29.8 Å². The largest absolute Gasteiger partial charge is 0.493 e. The van der Waals surface area contributed by atoms with Gasteiger partial charge in [-0.25, -0.2) is 4.79 Å². The van der Waals surface area contributed by atoms with Gasteiger partial charge >= 0.3 is 6.03 Å². The molecule has 118 valence electrons. The highest BCUT2D eigenvalue weighted by Gasteiger charge is 2.14. The first-order valence-corrected chi connectivity index (χ1v) is 7.42. The normalized spacial score (nSPS) is 13.4. The summed E-state index contributed by atoms with van der Waals surface area (Å²) < 4.78 is 5.50. The Hall–Kier alpha value is -1.46. The van der Waals surface area contributed by atoms with Gasteiger partial charge in [-0.2, -0.15) is 0 Å². The molecule has 0 bridgehead atoms. The fraction of sp³-hybridized carbons (Fsp3) is 0.533. The van der Waals surface area contributed by atoms with E-state index >= 15 is 0 Å². The first kappa shape index (κ1) is 17.6. The number of aliphatic hydroxyl groups excluding tert-OH is 1. The zero-order valence-electron chi connectivity index (χ0n) is 12.6. The van der Waals surface area contributed by atoms with Crippen LogP contribution in [0.1, 0.15) is 26.3 Å². The van der Waals surface area contributed by atoms with Crippen LogP contribution in [0.4, 0.5) is 4.79 Å². The molecule has 21 heavy (non-hydrogen) atoms. The number of halogens is 1. The molecule has 0 aliphatic heterocycles. The van der Waals surface area contributed by atoms with Crippen LogP contribution in [0, 0.1) is 5.92 Å². The highest BCUT2D eigenvalue weighted by molar-refractivity contribution is 6.30. The van der Waals surface area contributed by atoms with Crippen molar-refractivity contribution in [3.8, 4) is 5.75 Å². The minimum atomic E-state index is -0.278. The highest BCUT2D eigenvalue weighted by atomic mass is 35.5. The standard InChI is InChI=1S/C15H23ClN2O3/c1-4-21-14-7-13(16)6-5-12(14)8-17-15(20)18-11(3)10(2)9-19/h5-7,10-11,19H,4,8-9H2,1-3H3,(H2,17,18,20). The van der Waals surface area contributed by atoms with E-state index in [0.29, 0.717) is 23.9 Å². The van der Waals surface area contributed by atoms with Gasteiger partial charge in [-0.3, -0.25) is 0 Å². The Morgan fingerprint density at radius 1 is 1.43 bits per heavy atom. The van der Waals surface area contributed by atoms with Crippen molar-refractivity contribution in [2.24, 2.45) is 5.92 Å². The van der Waals surface area contributed by atoms with Crippen molar-refractivity contribution in [2.75, 3.05) is 13.2 Å². The van der Waals surface area contributed by atoms with Crippen molar-refractivity contribution in [1.82, 2.24) is 10.6 Å². The zero-order valence-corrected chi connectivity index (χ0v) is 13.4. The number of carbonyl (C=O) groups excluding carboxylic acids is 1. The molecule has 0 radical (unpaired) electrons. The summed E-state index contributed by atoms with van der Waals surface area (Å²) in [5.74, 6) is 0.673. The quantitative estimate of drug-likeness (QED) is 0.724. The van der Waals surface area contributed by atoms with Crippen molar-refractivity contribution < 1.29 is 14.6 Å². The number of rotatable bonds is 7. The van der Waals surface area contributed by atoms with Gasteiger partial charge in [0.1, 0.15) is 5.75 Å². The summed E-state index contributed by atoms with van der Waals surface area (Å²) in [5.41, 5.74) is 0.860. The summed E-state index contributed by atoms with van der Waals surface area (Å²) in [6.45, 7) is 6.53. The average molecular weight is 315 g/mol. The number of amides is 2. The molecule has 2 unspecified atom stereocenters. The van der Waals surface area contributed by atoms with Crippen LogP contribution in [0.3, 0.4) is 0 Å². The molecular formula is C15H23ClN2O3. The molecule has 5 nitrogen and oxygen atoms in total. The summed E-state index contributed by atoms with van der Waals surface area (Å²) in [4.78, 5) is 11.8. The van der Waals surface area contributed by atoms with Crippen LogP contribution >= 0.6 is 11.6 Å². The lowest BCUT2D eigenvalue weighted by molar-refractivity contribution is 0.200. The number of hydrogen-bond donors (Lipinski definition) is 3. The van der Waals surface area contributed by atoms with E-state index in [1.54, 1.807) is 12.1 Å². The van der Waals surface area contributed by atoms with E-state index in [1.165, 1.54) is 0 Å². The van der Waals surface area contributed by atoms with Crippen molar-refractivity contribution in [1.29, 1.82) is 0 Å². The van der Waals surface area contributed by atoms with Crippen LogP contribution < -0.4 is 15.4 Å². The number of ether oxygens (including phenoxy) is 1. The molecule has 0 heterocycles. The van der Waals surface area contributed by atoms with Crippen LogP contribution in [0.5, 0.6) is 5.75 Å². The van der Waals surface area contributed by atoms with E-state index in [2.05, 4.69) is 10.6 Å². The second-order valence-corrected chi connectivity index (χ2v) is 5.40. The Morgan fingerprint density at radius 3 is 2.76 bits per heavy atom. The minimum absolute atomic E-state index is 0.00488. The third-order valence-electron chi connectivity index (χ3n) is 3.27. The Labute approximate surface area is 130 Å². The predicted molar refractivity (Wildman–Crippen MR) is 83.7 cm³/mol. The topological polar surface area (TPSA) is 70.6 Å². The number of aliphatic hydroxyl groups is 1. The van der Waals surface area contributed by atoms with Crippen molar-refractivity contribution in [3.63, 3.8) is 0 Å². The lowest BCUT2D eigenvalue weighted by Crippen LogP contribution is -2.44. The molecule has 1 aromatic rings. The van der Waals surface area contributed by atoms with Gasteiger partial charge in [-0.15, -0.1) is 0 Å². The van der Waals surface area contributed by atoms with Crippen molar-refractivity contribution in [3.05, 3.63) is 28.8 Å². The van der Waals surface area contributed by atoms with Crippen LogP contribution in [0.15, 0.2) is 18.2 Å². The van der Waals surface area contributed by atoms with Gasteiger partial charge in [0.15, 0.2) is 0 Å². The molecule has 6 heteroatoms. The van der Waals surface area contributed by atoms with E-state index in [0.717, 1.165) is 5.56 Å².